The second-order valence-corrected chi connectivity index (χ2v) is 8.61. The van der Waals surface area contributed by atoms with E-state index in [1.807, 2.05) is 20.8 Å². The van der Waals surface area contributed by atoms with Crippen molar-refractivity contribution in [1.29, 1.82) is 0 Å². The van der Waals surface area contributed by atoms with E-state index in [4.69, 9.17) is 4.84 Å². The van der Waals surface area contributed by atoms with Crippen LogP contribution in [0.2, 0.25) is 0 Å². The first-order valence-corrected chi connectivity index (χ1v) is 9.83. The third kappa shape index (κ3) is 7.31. The molecule has 1 aliphatic heterocycles. The third-order valence-corrected chi connectivity index (χ3v) is 4.72. The molecule has 1 unspecified atom stereocenters. The van der Waals surface area contributed by atoms with E-state index in [1.165, 1.54) is 0 Å². The highest BCUT2D eigenvalue weighted by molar-refractivity contribution is 6.01. The summed E-state index contributed by atoms with van der Waals surface area (Å²) in [7, 11) is 0. The summed E-state index contributed by atoms with van der Waals surface area (Å²) in [5, 5.41) is 0.559. The van der Waals surface area contributed by atoms with Gasteiger partial charge in [0.05, 0.1) is 5.92 Å². The molecule has 27 heavy (non-hydrogen) atoms. The summed E-state index contributed by atoms with van der Waals surface area (Å²) in [6.45, 7) is 13.2. The van der Waals surface area contributed by atoms with Crippen molar-refractivity contribution in [3.05, 3.63) is 0 Å². The monoisotopic (exact) mass is 382 g/mol. The summed E-state index contributed by atoms with van der Waals surface area (Å²) in [6, 6.07) is 0. The average molecular weight is 383 g/mol. The Morgan fingerprint density at radius 3 is 2.15 bits per heavy atom. The van der Waals surface area contributed by atoms with Gasteiger partial charge < -0.3 is 9.74 Å². The fourth-order valence-electron chi connectivity index (χ4n) is 3.03. The molecular weight excluding hydrogens is 348 g/mol. The highest BCUT2D eigenvalue weighted by Gasteiger charge is 2.36. The van der Waals surface area contributed by atoms with Gasteiger partial charge in [-0.05, 0) is 24.7 Å². The van der Waals surface area contributed by atoms with Crippen molar-refractivity contribution in [2.24, 2.45) is 17.3 Å². The number of rotatable bonds is 9. The van der Waals surface area contributed by atoms with Crippen molar-refractivity contribution in [1.82, 2.24) is 9.96 Å². The molecule has 0 aliphatic carbocycles. The van der Waals surface area contributed by atoms with E-state index < -0.39 is 23.7 Å². The minimum absolute atomic E-state index is 0.0172. The molecular formula is C20H34N2O5. The normalized spacial score (nSPS) is 17.0. The van der Waals surface area contributed by atoms with Crippen LogP contribution in [0.15, 0.2) is 0 Å². The number of imide groups is 1. The quantitative estimate of drug-likeness (QED) is 0.573. The highest BCUT2D eigenvalue weighted by atomic mass is 16.7. The van der Waals surface area contributed by atoms with Crippen LogP contribution in [0.3, 0.4) is 0 Å². The van der Waals surface area contributed by atoms with E-state index in [2.05, 4.69) is 20.8 Å². The van der Waals surface area contributed by atoms with Crippen molar-refractivity contribution in [3.8, 4) is 0 Å². The number of nitrogens with zero attached hydrogens (tertiary/aromatic N) is 2. The molecule has 7 heteroatoms. The van der Waals surface area contributed by atoms with Crippen molar-refractivity contribution >= 4 is 23.7 Å². The van der Waals surface area contributed by atoms with Gasteiger partial charge in [-0.2, -0.15) is 0 Å². The first kappa shape index (κ1) is 23.1. The first-order valence-electron chi connectivity index (χ1n) is 9.83. The van der Waals surface area contributed by atoms with Gasteiger partial charge in [0.25, 0.3) is 11.8 Å². The third-order valence-electron chi connectivity index (χ3n) is 4.72. The molecule has 1 rings (SSSR count). The Hall–Kier alpha value is -1.92. The first-order chi connectivity index (χ1) is 12.5. The van der Waals surface area contributed by atoms with Crippen LogP contribution in [0.4, 0.5) is 0 Å². The van der Waals surface area contributed by atoms with Crippen molar-refractivity contribution in [2.45, 2.75) is 73.6 Å². The van der Waals surface area contributed by atoms with Gasteiger partial charge in [-0.3, -0.25) is 14.4 Å². The van der Waals surface area contributed by atoms with E-state index in [9.17, 15) is 19.2 Å². The molecule has 1 heterocycles. The standard InChI is InChI=1S/C20H34N2O5/c1-7-14(3)11-15(12-18(25)21(8-2)13-20(4,5)6)19(26)27-22-16(23)9-10-17(22)24/h14-15H,7-13H2,1-6H3/t14?,15-/m1/s1. The Balaban J connectivity index is 2.86. The number of hydrogen-bond donors (Lipinski definition) is 0. The largest absolute Gasteiger partial charge is 0.342 e. The van der Waals surface area contributed by atoms with Gasteiger partial charge >= 0.3 is 5.97 Å². The van der Waals surface area contributed by atoms with E-state index in [0.717, 1.165) is 6.42 Å². The Morgan fingerprint density at radius 2 is 1.70 bits per heavy atom. The topological polar surface area (TPSA) is 84.0 Å². The molecule has 7 nitrogen and oxygen atoms in total. The summed E-state index contributed by atoms with van der Waals surface area (Å²) in [5.41, 5.74) is -0.0488. The van der Waals surface area contributed by atoms with E-state index in [0.29, 0.717) is 24.6 Å². The van der Waals surface area contributed by atoms with Crippen LogP contribution >= 0.6 is 0 Å². The molecule has 0 bridgehead atoms. The summed E-state index contributed by atoms with van der Waals surface area (Å²) in [6.07, 6.45) is 1.46. The van der Waals surface area contributed by atoms with Gasteiger partial charge in [-0.15, -0.1) is 5.06 Å². The molecule has 1 fully saturated rings. The molecule has 0 saturated carbocycles. The number of carbonyl (C=O) groups is 4. The van der Waals surface area contributed by atoms with Gasteiger partial charge in [0.1, 0.15) is 0 Å². The highest BCUT2D eigenvalue weighted by Crippen LogP contribution is 2.24. The van der Waals surface area contributed by atoms with Crippen LogP contribution in [0.25, 0.3) is 0 Å². The number of amides is 3. The van der Waals surface area contributed by atoms with Crippen LogP contribution < -0.4 is 0 Å². The minimum Gasteiger partial charge on any atom is -0.342 e. The molecule has 0 N–H and O–H groups in total. The van der Waals surface area contributed by atoms with Gasteiger partial charge in [0, 0.05) is 32.4 Å². The zero-order valence-corrected chi connectivity index (χ0v) is 17.5. The lowest BCUT2D eigenvalue weighted by atomic mass is 9.90. The van der Waals surface area contributed by atoms with Gasteiger partial charge in [0.15, 0.2) is 0 Å². The summed E-state index contributed by atoms with van der Waals surface area (Å²) in [5.74, 6) is -2.27. The maximum Gasteiger partial charge on any atom is 0.336 e. The fourth-order valence-corrected chi connectivity index (χ4v) is 3.03. The van der Waals surface area contributed by atoms with Crippen molar-refractivity contribution in [2.75, 3.05) is 13.1 Å². The second-order valence-electron chi connectivity index (χ2n) is 8.61. The number of hydroxylamine groups is 2. The Bertz CT molecular complexity index is 551. The Morgan fingerprint density at radius 1 is 1.15 bits per heavy atom. The molecule has 0 spiro atoms. The van der Waals surface area contributed by atoms with Crippen LogP contribution in [0, 0.1) is 17.3 Å². The predicted molar refractivity (Wildman–Crippen MR) is 101 cm³/mol. The predicted octanol–water partition coefficient (Wildman–Crippen LogP) is 2.93. The molecule has 0 radical (unpaired) electrons. The van der Waals surface area contributed by atoms with Gasteiger partial charge in [0.2, 0.25) is 5.91 Å². The van der Waals surface area contributed by atoms with Gasteiger partial charge in [-0.25, -0.2) is 4.79 Å². The molecule has 0 aromatic heterocycles. The Kier molecular flexibility index (Phi) is 8.44. The minimum atomic E-state index is -0.681. The molecule has 1 aliphatic rings. The summed E-state index contributed by atoms with van der Waals surface area (Å²) < 4.78 is 0. The Labute approximate surface area is 162 Å². The van der Waals surface area contributed by atoms with E-state index >= 15 is 0 Å². The molecule has 1 saturated heterocycles. The lowest BCUT2D eigenvalue weighted by Gasteiger charge is -2.30. The van der Waals surface area contributed by atoms with E-state index in [1.54, 1.807) is 4.90 Å². The van der Waals surface area contributed by atoms with Gasteiger partial charge in [-0.1, -0.05) is 41.0 Å². The zero-order chi connectivity index (χ0) is 20.8. The maximum absolute atomic E-state index is 12.8. The molecule has 3 amide bonds. The summed E-state index contributed by atoms with van der Waals surface area (Å²) in [4.78, 5) is 55.6. The molecule has 154 valence electrons. The van der Waals surface area contributed by atoms with Crippen LogP contribution in [-0.4, -0.2) is 46.7 Å². The van der Waals surface area contributed by atoms with Crippen LogP contribution in [0.1, 0.15) is 73.6 Å². The van der Waals surface area contributed by atoms with E-state index in [-0.39, 0.29) is 36.5 Å². The lowest BCUT2D eigenvalue weighted by Crippen LogP contribution is -2.40. The summed E-state index contributed by atoms with van der Waals surface area (Å²) >= 11 is 0. The fraction of sp³-hybridized carbons (Fsp3) is 0.800. The SMILES string of the molecule is CCC(C)C[C@H](CC(=O)N(CC)CC(C)(C)C)C(=O)ON1C(=O)CCC1=O. The molecule has 0 aromatic carbocycles. The van der Waals surface area contributed by atoms with Crippen LogP contribution in [-0.2, 0) is 24.0 Å². The zero-order valence-electron chi connectivity index (χ0n) is 17.5. The number of hydrogen-bond acceptors (Lipinski definition) is 5. The van der Waals surface area contributed by atoms with Crippen molar-refractivity contribution < 1.29 is 24.0 Å². The average Bonchev–Trinajstić information content (AvgIpc) is 2.89. The lowest BCUT2D eigenvalue weighted by molar-refractivity contribution is -0.201. The smallest absolute Gasteiger partial charge is 0.336 e. The number of carbonyl (C=O) groups excluding carboxylic acids is 4. The second kappa shape index (κ2) is 9.85. The van der Waals surface area contributed by atoms with Crippen LogP contribution in [0.5, 0.6) is 0 Å². The molecule has 2 atom stereocenters. The van der Waals surface area contributed by atoms with Crippen molar-refractivity contribution in [3.63, 3.8) is 0 Å². The molecule has 0 aromatic rings. The maximum atomic E-state index is 12.8.